The minimum atomic E-state index is -0.963. The van der Waals surface area contributed by atoms with Crippen LogP contribution in [0.15, 0.2) is 54.6 Å². The summed E-state index contributed by atoms with van der Waals surface area (Å²) in [6, 6.07) is 15.9. The average Bonchev–Trinajstić information content (AvgIpc) is 2.59. The molecule has 0 spiro atoms. The summed E-state index contributed by atoms with van der Waals surface area (Å²) in [4.78, 5) is 25.9. The molecule has 1 N–H and O–H groups in total. The maximum Gasteiger partial charge on any atom is 0.335 e. The topological polar surface area (TPSA) is 57.6 Å². The van der Waals surface area contributed by atoms with Gasteiger partial charge >= 0.3 is 5.97 Å². The molecule has 0 fully saturated rings. The van der Waals surface area contributed by atoms with Crippen LogP contribution in [-0.4, -0.2) is 27.9 Å². The van der Waals surface area contributed by atoms with E-state index < -0.39 is 5.97 Å². The molecule has 2 rings (SSSR count). The molecule has 0 saturated carbocycles. The number of benzene rings is 2. The fourth-order valence-corrected chi connectivity index (χ4v) is 2.51. The monoisotopic (exact) mass is 325 g/mol. The quantitative estimate of drug-likeness (QED) is 0.871. The number of hydrogen-bond acceptors (Lipinski definition) is 2. The van der Waals surface area contributed by atoms with Gasteiger partial charge in [0.25, 0.3) is 5.91 Å². The lowest BCUT2D eigenvalue weighted by molar-refractivity contribution is 0.0628. The Hall–Kier alpha value is -2.62. The van der Waals surface area contributed by atoms with Crippen molar-refractivity contribution in [2.45, 2.75) is 33.4 Å². The normalized spacial score (nSPS) is 12.0. The van der Waals surface area contributed by atoms with Crippen LogP contribution >= 0.6 is 0 Å². The van der Waals surface area contributed by atoms with Gasteiger partial charge in [-0.15, -0.1) is 0 Å². The second-order valence-corrected chi connectivity index (χ2v) is 6.29. The van der Waals surface area contributed by atoms with Gasteiger partial charge in [-0.25, -0.2) is 4.79 Å². The lowest BCUT2D eigenvalue weighted by Crippen LogP contribution is -2.41. The third kappa shape index (κ3) is 4.22. The van der Waals surface area contributed by atoms with Gasteiger partial charge in [-0.2, -0.15) is 0 Å². The highest BCUT2D eigenvalue weighted by Crippen LogP contribution is 2.19. The van der Waals surface area contributed by atoms with Gasteiger partial charge in [0.2, 0.25) is 0 Å². The molecule has 4 nitrogen and oxygen atoms in total. The summed E-state index contributed by atoms with van der Waals surface area (Å²) < 4.78 is 0. The zero-order valence-electron chi connectivity index (χ0n) is 14.3. The second-order valence-electron chi connectivity index (χ2n) is 6.29. The van der Waals surface area contributed by atoms with Crippen molar-refractivity contribution in [2.75, 3.05) is 0 Å². The Morgan fingerprint density at radius 3 is 2.17 bits per heavy atom. The number of aromatic carboxylic acids is 1. The van der Waals surface area contributed by atoms with Crippen molar-refractivity contribution in [3.63, 3.8) is 0 Å². The molecule has 24 heavy (non-hydrogen) atoms. The van der Waals surface area contributed by atoms with Gasteiger partial charge in [0.05, 0.1) is 5.56 Å². The number of amides is 1. The van der Waals surface area contributed by atoms with Crippen LogP contribution in [0.25, 0.3) is 0 Å². The van der Waals surface area contributed by atoms with Gasteiger partial charge in [-0.3, -0.25) is 4.79 Å². The highest BCUT2D eigenvalue weighted by Gasteiger charge is 2.24. The first-order valence-electron chi connectivity index (χ1n) is 8.08. The Balaban J connectivity index is 2.32. The summed E-state index contributed by atoms with van der Waals surface area (Å²) in [5, 5.41) is 9.15. The van der Waals surface area contributed by atoms with E-state index in [-0.39, 0.29) is 17.5 Å². The van der Waals surface area contributed by atoms with Crippen molar-refractivity contribution in [2.24, 2.45) is 5.92 Å². The molecule has 0 heterocycles. The highest BCUT2D eigenvalue weighted by molar-refractivity contribution is 5.94. The Morgan fingerprint density at radius 1 is 0.958 bits per heavy atom. The molecule has 0 bridgehead atoms. The van der Waals surface area contributed by atoms with Gasteiger partial charge in [0, 0.05) is 18.2 Å². The first kappa shape index (κ1) is 17.7. The molecule has 0 radical (unpaired) electrons. The molecule has 126 valence electrons. The Kier molecular flexibility index (Phi) is 5.74. The molecule has 0 aromatic heterocycles. The minimum Gasteiger partial charge on any atom is -0.478 e. The second kappa shape index (κ2) is 7.77. The van der Waals surface area contributed by atoms with Crippen LogP contribution in [0.2, 0.25) is 0 Å². The molecular formula is C20H23NO3. The first-order valence-corrected chi connectivity index (χ1v) is 8.08. The van der Waals surface area contributed by atoms with Gasteiger partial charge < -0.3 is 10.0 Å². The SMILES string of the molecule is CC(C)C(C)N(Cc1cccc(C(=O)O)c1)C(=O)c1ccccc1. The molecule has 2 aromatic rings. The number of nitrogens with zero attached hydrogens (tertiary/aromatic N) is 1. The lowest BCUT2D eigenvalue weighted by atomic mass is 10.0. The smallest absolute Gasteiger partial charge is 0.335 e. The van der Waals surface area contributed by atoms with Gasteiger partial charge in [-0.05, 0) is 42.7 Å². The molecule has 1 amide bonds. The van der Waals surface area contributed by atoms with Crippen molar-refractivity contribution in [1.29, 1.82) is 0 Å². The number of carbonyl (C=O) groups is 2. The fourth-order valence-electron chi connectivity index (χ4n) is 2.51. The zero-order valence-corrected chi connectivity index (χ0v) is 14.3. The summed E-state index contributed by atoms with van der Waals surface area (Å²) in [6.07, 6.45) is 0. The maximum absolute atomic E-state index is 12.9. The van der Waals surface area contributed by atoms with E-state index in [1.807, 2.05) is 31.2 Å². The number of carbonyl (C=O) groups excluding carboxylic acids is 1. The third-order valence-electron chi connectivity index (χ3n) is 4.26. The molecular weight excluding hydrogens is 302 g/mol. The first-order chi connectivity index (χ1) is 11.4. The lowest BCUT2D eigenvalue weighted by Gasteiger charge is -2.32. The van der Waals surface area contributed by atoms with Crippen LogP contribution in [0.4, 0.5) is 0 Å². The molecule has 0 saturated heterocycles. The Morgan fingerprint density at radius 2 is 1.58 bits per heavy atom. The predicted octanol–water partition coefficient (Wildman–Crippen LogP) is 4.07. The minimum absolute atomic E-state index is 0.0335. The maximum atomic E-state index is 12.9. The van der Waals surface area contributed by atoms with Gasteiger partial charge in [0.1, 0.15) is 0 Å². The summed E-state index contributed by atoms with van der Waals surface area (Å²) in [6.45, 7) is 6.55. The third-order valence-corrected chi connectivity index (χ3v) is 4.26. The van der Waals surface area contributed by atoms with Crippen molar-refractivity contribution >= 4 is 11.9 Å². The van der Waals surface area contributed by atoms with Crippen LogP contribution in [0, 0.1) is 5.92 Å². The summed E-state index contributed by atoms with van der Waals surface area (Å²) in [7, 11) is 0. The largest absolute Gasteiger partial charge is 0.478 e. The fraction of sp³-hybridized carbons (Fsp3) is 0.300. The van der Waals surface area contributed by atoms with E-state index in [9.17, 15) is 9.59 Å². The van der Waals surface area contributed by atoms with E-state index in [1.165, 1.54) is 0 Å². The Bertz CT molecular complexity index is 710. The van der Waals surface area contributed by atoms with Crippen molar-refractivity contribution in [3.8, 4) is 0 Å². The highest BCUT2D eigenvalue weighted by atomic mass is 16.4. The predicted molar refractivity (Wildman–Crippen MR) is 94.0 cm³/mol. The molecule has 2 aromatic carbocycles. The molecule has 0 aliphatic heterocycles. The standard InChI is InChI=1S/C20H23NO3/c1-14(2)15(3)21(19(22)17-9-5-4-6-10-17)13-16-8-7-11-18(12-16)20(23)24/h4-12,14-15H,13H2,1-3H3,(H,23,24). The van der Waals surface area contributed by atoms with E-state index in [0.29, 0.717) is 18.0 Å². The van der Waals surface area contributed by atoms with E-state index in [2.05, 4.69) is 13.8 Å². The number of rotatable bonds is 6. The summed E-state index contributed by atoms with van der Waals surface area (Å²) in [5.41, 5.74) is 1.68. The summed E-state index contributed by atoms with van der Waals surface area (Å²) in [5.74, 6) is -0.715. The number of carboxylic acid groups (broad SMARTS) is 1. The number of hydrogen-bond donors (Lipinski definition) is 1. The van der Waals surface area contributed by atoms with Gasteiger partial charge in [0.15, 0.2) is 0 Å². The van der Waals surface area contributed by atoms with Crippen LogP contribution in [0.3, 0.4) is 0 Å². The zero-order chi connectivity index (χ0) is 17.7. The molecule has 1 atom stereocenters. The van der Waals surface area contributed by atoms with E-state index in [1.54, 1.807) is 35.2 Å². The van der Waals surface area contributed by atoms with Crippen molar-refractivity contribution < 1.29 is 14.7 Å². The summed E-state index contributed by atoms with van der Waals surface area (Å²) >= 11 is 0. The molecule has 0 aliphatic carbocycles. The van der Waals surface area contributed by atoms with Crippen LogP contribution in [-0.2, 0) is 6.54 Å². The number of carboxylic acids is 1. The van der Waals surface area contributed by atoms with Gasteiger partial charge in [-0.1, -0.05) is 44.2 Å². The van der Waals surface area contributed by atoms with Crippen LogP contribution in [0.1, 0.15) is 47.1 Å². The van der Waals surface area contributed by atoms with Crippen molar-refractivity contribution in [1.82, 2.24) is 4.90 Å². The van der Waals surface area contributed by atoms with E-state index >= 15 is 0 Å². The Labute approximate surface area is 142 Å². The van der Waals surface area contributed by atoms with Crippen molar-refractivity contribution in [3.05, 3.63) is 71.3 Å². The molecule has 4 heteroatoms. The van der Waals surface area contributed by atoms with Crippen LogP contribution < -0.4 is 0 Å². The molecule has 0 aliphatic rings. The molecule has 1 unspecified atom stereocenters. The van der Waals surface area contributed by atoms with Crippen LogP contribution in [0.5, 0.6) is 0 Å². The van der Waals surface area contributed by atoms with E-state index in [0.717, 1.165) is 5.56 Å². The average molecular weight is 325 g/mol. The van der Waals surface area contributed by atoms with E-state index in [4.69, 9.17) is 5.11 Å².